The zero-order valence-electron chi connectivity index (χ0n) is 14.1. The Morgan fingerprint density at radius 1 is 0.957 bits per heavy atom. The van der Waals surface area contributed by atoms with Crippen LogP contribution in [0.15, 0.2) is 48.5 Å². The second-order valence-electron chi connectivity index (χ2n) is 5.61. The summed E-state index contributed by atoms with van der Waals surface area (Å²) < 4.78 is 11.0. The maximum Gasteiger partial charge on any atom is 0.142 e. The first-order valence-electron chi connectivity index (χ1n) is 8.02. The third kappa shape index (κ3) is 5.83. The van der Waals surface area contributed by atoms with E-state index in [9.17, 15) is 0 Å². The van der Waals surface area contributed by atoms with Crippen molar-refractivity contribution >= 4 is 5.69 Å². The molecule has 0 unspecified atom stereocenters. The summed E-state index contributed by atoms with van der Waals surface area (Å²) >= 11 is 0. The van der Waals surface area contributed by atoms with Gasteiger partial charge in [-0.1, -0.05) is 24.3 Å². The zero-order valence-corrected chi connectivity index (χ0v) is 14.1. The van der Waals surface area contributed by atoms with Gasteiger partial charge in [-0.2, -0.15) is 0 Å². The molecule has 2 N–H and O–H groups in total. The van der Waals surface area contributed by atoms with Crippen LogP contribution in [-0.2, 0) is 6.54 Å². The van der Waals surface area contributed by atoms with Gasteiger partial charge in [-0.15, -0.1) is 0 Å². The van der Waals surface area contributed by atoms with Gasteiger partial charge in [-0.05, 0) is 43.7 Å². The Morgan fingerprint density at radius 3 is 2.39 bits per heavy atom. The van der Waals surface area contributed by atoms with Crippen molar-refractivity contribution in [3.05, 3.63) is 54.1 Å². The quantitative estimate of drug-likeness (QED) is 0.693. The molecule has 2 aromatic rings. The Morgan fingerprint density at radius 2 is 1.70 bits per heavy atom. The monoisotopic (exact) mass is 314 g/mol. The topological polar surface area (TPSA) is 42.5 Å². The van der Waals surface area contributed by atoms with Crippen LogP contribution < -0.4 is 20.1 Å². The molecular weight excluding hydrogens is 288 g/mol. The first-order valence-corrected chi connectivity index (χ1v) is 8.02. The number of hydrogen-bond donors (Lipinski definition) is 2. The summed E-state index contributed by atoms with van der Waals surface area (Å²) in [7, 11) is 1.68. The fraction of sp³-hybridized carbons (Fsp3) is 0.368. The number of ether oxygens (including phenoxy) is 2. The number of nitrogens with one attached hydrogen (secondary N) is 2. The molecule has 0 aromatic heterocycles. The first-order chi connectivity index (χ1) is 11.2. The molecular formula is C19H26N2O2. The van der Waals surface area contributed by atoms with Crippen molar-refractivity contribution < 1.29 is 9.47 Å². The van der Waals surface area contributed by atoms with Crippen LogP contribution in [0.4, 0.5) is 5.69 Å². The highest BCUT2D eigenvalue weighted by Gasteiger charge is 2.03. The molecule has 0 atom stereocenters. The van der Waals surface area contributed by atoms with Crippen LogP contribution in [-0.4, -0.2) is 26.3 Å². The lowest BCUT2D eigenvalue weighted by molar-refractivity contribution is 0.243. The number of hydrogen-bond acceptors (Lipinski definition) is 4. The fourth-order valence-electron chi connectivity index (χ4n) is 2.23. The fourth-order valence-corrected chi connectivity index (χ4v) is 2.23. The predicted octanol–water partition coefficient (Wildman–Crippen LogP) is 3.68. The van der Waals surface area contributed by atoms with E-state index >= 15 is 0 Å². The average Bonchev–Trinajstić information content (AvgIpc) is 2.56. The first kappa shape index (κ1) is 17.2. The van der Waals surface area contributed by atoms with Crippen molar-refractivity contribution in [1.29, 1.82) is 0 Å². The minimum absolute atomic E-state index is 0.172. The van der Waals surface area contributed by atoms with Gasteiger partial charge in [0.25, 0.3) is 0 Å². The summed E-state index contributed by atoms with van der Waals surface area (Å²) in [5.41, 5.74) is 2.28. The maximum absolute atomic E-state index is 5.80. The summed E-state index contributed by atoms with van der Waals surface area (Å²) in [4.78, 5) is 0. The summed E-state index contributed by atoms with van der Waals surface area (Å²) in [6.07, 6.45) is 0.172. The van der Waals surface area contributed by atoms with Crippen molar-refractivity contribution in [2.75, 3.05) is 25.5 Å². The molecule has 124 valence electrons. The highest BCUT2D eigenvalue weighted by molar-refractivity contribution is 5.56. The Labute approximate surface area is 138 Å². The molecule has 0 radical (unpaired) electrons. The third-order valence-electron chi connectivity index (χ3n) is 3.36. The lowest BCUT2D eigenvalue weighted by Gasteiger charge is -2.15. The molecule has 23 heavy (non-hydrogen) atoms. The summed E-state index contributed by atoms with van der Waals surface area (Å²) in [6, 6.07) is 16.2. The van der Waals surface area contributed by atoms with Crippen LogP contribution in [0.5, 0.6) is 11.5 Å². The smallest absolute Gasteiger partial charge is 0.142 e. The summed E-state index contributed by atoms with van der Waals surface area (Å²) in [5.74, 6) is 1.79. The van der Waals surface area contributed by atoms with Crippen LogP contribution in [0.1, 0.15) is 19.4 Å². The molecule has 0 spiro atoms. The van der Waals surface area contributed by atoms with E-state index in [1.165, 1.54) is 5.56 Å². The van der Waals surface area contributed by atoms with E-state index in [1.807, 2.05) is 50.2 Å². The zero-order chi connectivity index (χ0) is 16.5. The van der Waals surface area contributed by atoms with Gasteiger partial charge in [0.15, 0.2) is 0 Å². The van der Waals surface area contributed by atoms with Gasteiger partial charge in [0.2, 0.25) is 0 Å². The van der Waals surface area contributed by atoms with Crippen LogP contribution in [0.3, 0.4) is 0 Å². The predicted molar refractivity (Wildman–Crippen MR) is 95.4 cm³/mol. The van der Waals surface area contributed by atoms with Gasteiger partial charge >= 0.3 is 0 Å². The van der Waals surface area contributed by atoms with Crippen LogP contribution in [0.25, 0.3) is 0 Å². The number of methoxy groups -OCH3 is 1. The van der Waals surface area contributed by atoms with Crippen LogP contribution >= 0.6 is 0 Å². The highest BCUT2D eigenvalue weighted by atomic mass is 16.5. The minimum atomic E-state index is 0.172. The third-order valence-corrected chi connectivity index (χ3v) is 3.36. The number of anilines is 1. The van der Waals surface area contributed by atoms with Crippen LogP contribution in [0.2, 0.25) is 0 Å². The van der Waals surface area contributed by atoms with Gasteiger partial charge in [-0.25, -0.2) is 0 Å². The molecule has 0 aliphatic rings. The van der Waals surface area contributed by atoms with Crippen molar-refractivity contribution in [1.82, 2.24) is 5.32 Å². The van der Waals surface area contributed by atoms with E-state index in [4.69, 9.17) is 9.47 Å². The van der Waals surface area contributed by atoms with Gasteiger partial charge in [-0.3, -0.25) is 0 Å². The highest BCUT2D eigenvalue weighted by Crippen LogP contribution is 2.24. The standard InChI is InChI=1S/C19H26N2O2/c1-15(2)23-19-7-5-4-6-18(19)21-13-12-20-14-16-8-10-17(22-3)11-9-16/h4-11,15,20-21H,12-14H2,1-3H3. The van der Waals surface area contributed by atoms with E-state index in [0.29, 0.717) is 0 Å². The second kappa shape index (κ2) is 9.06. The Kier molecular flexibility index (Phi) is 6.76. The van der Waals surface area contributed by atoms with E-state index in [0.717, 1.165) is 36.8 Å². The molecule has 0 saturated heterocycles. The Bertz CT molecular complexity index is 582. The molecule has 0 heterocycles. The molecule has 4 nitrogen and oxygen atoms in total. The Hall–Kier alpha value is -2.20. The summed E-state index contributed by atoms with van der Waals surface area (Å²) in [6.45, 7) is 6.63. The second-order valence-corrected chi connectivity index (χ2v) is 5.61. The molecule has 0 bridgehead atoms. The van der Waals surface area contributed by atoms with E-state index in [2.05, 4.69) is 22.8 Å². The number of benzene rings is 2. The molecule has 0 fully saturated rings. The maximum atomic E-state index is 5.80. The largest absolute Gasteiger partial charge is 0.497 e. The van der Waals surface area contributed by atoms with Gasteiger partial charge in [0, 0.05) is 19.6 Å². The Balaban J connectivity index is 1.73. The van der Waals surface area contributed by atoms with Crippen molar-refractivity contribution in [2.45, 2.75) is 26.5 Å². The summed E-state index contributed by atoms with van der Waals surface area (Å²) in [5, 5.41) is 6.84. The molecule has 2 rings (SSSR count). The van der Waals surface area contributed by atoms with Crippen molar-refractivity contribution in [3.63, 3.8) is 0 Å². The van der Waals surface area contributed by atoms with E-state index < -0.39 is 0 Å². The number of para-hydroxylation sites is 2. The average molecular weight is 314 g/mol. The SMILES string of the molecule is COc1ccc(CNCCNc2ccccc2OC(C)C)cc1. The lowest BCUT2D eigenvalue weighted by atomic mass is 10.2. The van der Waals surface area contributed by atoms with Gasteiger partial charge < -0.3 is 20.1 Å². The van der Waals surface area contributed by atoms with Gasteiger partial charge in [0.1, 0.15) is 11.5 Å². The molecule has 2 aromatic carbocycles. The minimum Gasteiger partial charge on any atom is -0.497 e. The molecule has 0 aliphatic carbocycles. The molecule has 0 amide bonds. The van der Waals surface area contributed by atoms with Crippen molar-refractivity contribution in [2.24, 2.45) is 0 Å². The normalized spacial score (nSPS) is 10.6. The molecule has 0 saturated carbocycles. The number of rotatable bonds is 9. The molecule has 0 aliphatic heterocycles. The lowest BCUT2D eigenvalue weighted by Crippen LogP contribution is -2.22. The van der Waals surface area contributed by atoms with E-state index in [1.54, 1.807) is 7.11 Å². The van der Waals surface area contributed by atoms with Crippen molar-refractivity contribution in [3.8, 4) is 11.5 Å². The van der Waals surface area contributed by atoms with Crippen LogP contribution in [0, 0.1) is 0 Å². The van der Waals surface area contributed by atoms with Gasteiger partial charge in [0.05, 0.1) is 18.9 Å². The molecule has 4 heteroatoms. The van der Waals surface area contributed by atoms with E-state index in [-0.39, 0.29) is 6.10 Å².